The van der Waals surface area contributed by atoms with Crippen LogP contribution in [-0.2, 0) is 11.8 Å². The van der Waals surface area contributed by atoms with Crippen LogP contribution in [0.2, 0.25) is 5.02 Å². The van der Waals surface area contributed by atoms with E-state index in [-0.39, 0.29) is 23.6 Å². The lowest BCUT2D eigenvalue weighted by molar-refractivity contribution is 0.0941. The van der Waals surface area contributed by atoms with Gasteiger partial charge in [0, 0.05) is 36.6 Å². The molecule has 12 heteroatoms. The highest BCUT2D eigenvalue weighted by molar-refractivity contribution is 6.35. The van der Waals surface area contributed by atoms with Crippen molar-refractivity contribution < 1.29 is 19.1 Å². The van der Waals surface area contributed by atoms with Gasteiger partial charge in [-0.05, 0) is 32.4 Å². The summed E-state index contributed by atoms with van der Waals surface area (Å²) in [5.74, 6) is 0.101. The van der Waals surface area contributed by atoms with Crippen molar-refractivity contribution in [3.63, 3.8) is 0 Å². The van der Waals surface area contributed by atoms with E-state index in [4.69, 9.17) is 21.1 Å². The number of hydrogen-bond donors (Lipinski definition) is 2. The molecule has 1 unspecified atom stereocenters. The SMILES string of the molecule is CCCCOC(=O)Nc1nn2cccnc2c1C(=O)NC(C)c1cc(Cl)c2cn(C)nc2c1OCC. The Morgan fingerprint density at radius 2 is 2.06 bits per heavy atom. The second kappa shape index (κ2) is 10.8. The summed E-state index contributed by atoms with van der Waals surface area (Å²) in [7, 11) is 1.80. The molecule has 3 heterocycles. The minimum absolute atomic E-state index is 0.0446. The van der Waals surface area contributed by atoms with Crippen LogP contribution in [0.5, 0.6) is 5.75 Å². The van der Waals surface area contributed by atoms with Gasteiger partial charge in [0.05, 0.1) is 24.3 Å². The standard InChI is InChI=1S/C24H28ClN7O4/c1-5-7-11-36-24(34)28-21-18(22-26-9-8-10-32(22)30-21)23(33)27-14(3)15-12-17(25)16-13-31(4)29-19(16)20(15)35-6-2/h8-10,12-14H,5-7,11H2,1-4H3,(H,27,33)(H,28,30,34). The van der Waals surface area contributed by atoms with Crippen LogP contribution < -0.4 is 15.4 Å². The smallest absolute Gasteiger partial charge is 0.412 e. The maximum Gasteiger partial charge on any atom is 0.412 e. The first-order chi connectivity index (χ1) is 17.3. The maximum absolute atomic E-state index is 13.5. The Labute approximate surface area is 212 Å². The molecule has 0 saturated heterocycles. The molecule has 0 bridgehead atoms. The van der Waals surface area contributed by atoms with Gasteiger partial charge in [0.2, 0.25) is 0 Å². The molecule has 4 aromatic rings. The summed E-state index contributed by atoms with van der Waals surface area (Å²) in [6.45, 7) is 6.36. The number of carbonyl (C=O) groups excluding carboxylic acids is 2. The van der Waals surface area contributed by atoms with Gasteiger partial charge in [0.15, 0.2) is 17.2 Å². The van der Waals surface area contributed by atoms with Gasteiger partial charge < -0.3 is 14.8 Å². The molecule has 3 aromatic heterocycles. The van der Waals surface area contributed by atoms with Gasteiger partial charge in [0.25, 0.3) is 5.91 Å². The zero-order valence-electron chi connectivity index (χ0n) is 20.5. The summed E-state index contributed by atoms with van der Waals surface area (Å²) >= 11 is 6.53. The molecule has 0 saturated carbocycles. The van der Waals surface area contributed by atoms with Crippen LogP contribution in [0.3, 0.4) is 0 Å². The first-order valence-corrected chi connectivity index (χ1v) is 12.1. The molecule has 0 fully saturated rings. The summed E-state index contributed by atoms with van der Waals surface area (Å²) in [5, 5.41) is 15.6. The Bertz CT molecular complexity index is 1410. The molecular formula is C24H28ClN7O4. The maximum atomic E-state index is 13.5. The third-order valence-corrected chi connectivity index (χ3v) is 5.83. The summed E-state index contributed by atoms with van der Waals surface area (Å²) in [6.07, 6.45) is 5.92. The molecular weight excluding hydrogens is 486 g/mol. The van der Waals surface area contributed by atoms with Crippen LogP contribution >= 0.6 is 11.6 Å². The van der Waals surface area contributed by atoms with Gasteiger partial charge in [-0.25, -0.2) is 14.3 Å². The van der Waals surface area contributed by atoms with Gasteiger partial charge >= 0.3 is 6.09 Å². The molecule has 11 nitrogen and oxygen atoms in total. The first kappa shape index (κ1) is 25.2. The topological polar surface area (TPSA) is 125 Å². The molecule has 0 spiro atoms. The second-order valence-corrected chi connectivity index (χ2v) is 8.60. The van der Waals surface area contributed by atoms with Crippen molar-refractivity contribution in [3.8, 4) is 5.75 Å². The Kier molecular flexibility index (Phi) is 7.58. The number of nitrogens with zero attached hydrogens (tertiary/aromatic N) is 5. The van der Waals surface area contributed by atoms with E-state index in [1.54, 1.807) is 36.3 Å². The number of halogens is 1. The normalized spacial score (nSPS) is 12.0. The van der Waals surface area contributed by atoms with Crippen LogP contribution in [0.1, 0.15) is 55.6 Å². The number of rotatable bonds is 9. The number of unbranched alkanes of at least 4 members (excludes halogenated alkanes) is 1. The predicted molar refractivity (Wildman–Crippen MR) is 136 cm³/mol. The molecule has 2 amide bonds. The Morgan fingerprint density at radius 3 is 2.81 bits per heavy atom. The van der Waals surface area contributed by atoms with Gasteiger partial charge in [-0.1, -0.05) is 24.9 Å². The summed E-state index contributed by atoms with van der Waals surface area (Å²) < 4.78 is 14.2. The molecule has 0 aliphatic carbocycles. The van der Waals surface area contributed by atoms with Crippen LogP contribution in [0.4, 0.5) is 10.6 Å². The zero-order valence-corrected chi connectivity index (χ0v) is 21.3. The number of amides is 2. The largest absolute Gasteiger partial charge is 0.491 e. The van der Waals surface area contributed by atoms with E-state index in [1.807, 2.05) is 27.0 Å². The predicted octanol–water partition coefficient (Wildman–Crippen LogP) is 4.51. The zero-order chi connectivity index (χ0) is 25.8. The Morgan fingerprint density at radius 1 is 1.25 bits per heavy atom. The summed E-state index contributed by atoms with van der Waals surface area (Å²) in [5.41, 5.74) is 1.67. The number of carbonyl (C=O) groups is 2. The molecule has 2 N–H and O–H groups in total. The number of hydrogen-bond acceptors (Lipinski definition) is 7. The van der Waals surface area contributed by atoms with E-state index in [2.05, 4.69) is 25.8 Å². The quantitative estimate of drug-likeness (QED) is 0.315. The molecule has 190 valence electrons. The van der Waals surface area contributed by atoms with Crippen molar-refractivity contribution in [2.75, 3.05) is 18.5 Å². The van der Waals surface area contributed by atoms with Gasteiger partial charge in [-0.3, -0.25) is 14.8 Å². The summed E-state index contributed by atoms with van der Waals surface area (Å²) in [6, 6.07) is 2.91. The monoisotopic (exact) mass is 513 g/mol. The average molecular weight is 514 g/mol. The average Bonchev–Trinajstić information content (AvgIpc) is 3.41. The third-order valence-electron chi connectivity index (χ3n) is 5.52. The fourth-order valence-corrected chi connectivity index (χ4v) is 4.09. The molecule has 1 aromatic carbocycles. The van der Waals surface area contributed by atoms with Crippen LogP contribution in [0.25, 0.3) is 16.6 Å². The Balaban J connectivity index is 1.66. The van der Waals surface area contributed by atoms with E-state index in [1.165, 1.54) is 4.52 Å². The summed E-state index contributed by atoms with van der Waals surface area (Å²) in [4.78, 5) is 30.1. The molecule has 0 aliphatic heterocycles. The number of nitrogens with one attached hydrogen (secondary N) is 2. The number of benzene rings is 1. The number of ether oxygens (including phenoxy) is 2. The molecule has 1 atom stereocenters. The van der Waals surface area contributed by atoms with E-state index in [0.29, 0.717) is 28.5 Å². The van der Waals surface area contributed by atoms with Crippen molar-refractivity contribution in [2.45, 2.75) is 39.7 Å². The lowest BCUT2D eigenvalue weighted by Gasteiger charge is -2.19. The fourth-order valence-electron chi connectivity index (χ4n) is 3.84. The van der Waals surface area contributed by atoms with Crippen molar-refractivity contribution in [1.29, 1.82) is 0 Å². The fraction of sp³-hybridized carbons (Fsp3) is 0.375. The van der Waals surface area contributed by atoms with Crippen molar-refractivity contribution in [2.24, 2.45) is 7.05 Å². The number of aromatic nitrogens is 5. The lowest BCUT2D eigenvalue weighted by Crippen LogP contribution is -2.28. The highest BCUT2D eigenvalue weighted by atomic mass is 35.5. The molecule has 0 aliphatic rings. The van der Waals surface area contributed by atoms with E-state index < -0.39 is 18.0 Å². The third kappa shape index (κ3) is 5.06. The van der Waals surface area contributed by atoms with E-state index in [0.717, 1.165) is 18.2 Å². The molecule has 0 radical (unpaired) electrons. The first-order valence-electron chi connectivity index (χ1n) is 11.7. The number of anilines is 1. The van der Waals surface area contributed by atoms with Gasteiger partial charge in [0.1, 0.15) is 11.1 Å². The Hall–Kier alpha value is -3.86. The van der Waals surface area contributed by atoms with Crippen molar-refractivity contribution in [1.82, 2.24) is 29.7 Å². The van der Waals surface area contributed by atoms with E-state index >= 15 is 0 Å². The highest BCUT2D eigenvalue weighted by Crippen LogP contribution is 2.37. The minimum atomic E-state index is -0.694. The van der Waals surface area contributed by atoms with Gasteiger partial charge in [-0.15, -0.1) is 5.10 Å². The number of aryl methyl sites for hydroxylation is 1. The number of fused-ring (bicyclic) bond motifs is 2. The highest BCUT2D eigenvalue weighted by Gasteiger charge is 2.26. The van der Waals surface area contributed by atoms with E-state index in [9.17, 15) is 9.59 Å². The van der Waals surface area contributed by atoms with Crippen molar-refractivity contribution in [3.05, 3.63) is 46.9 Å². The second-order valence-electron chi connectivity index (χ2n) is 8.20. The lowest BCUT2D eigenvalue weighted by atomic mass is 10.0. The van der Waals surface area contributed by atoms with Crippen LogP contribution in [0.15, 0.2) is 30.7 Å². The molecule has 36 heavy (non-hydrogen) atoms. The van der Waals surface area contributed by atoms with Crippen LogP contribution in [0, 0.1) is 0 Å². The molecule has 4 rings (SSSR count). The van der Waals surface area contributed by atoms with Gasteiger partial charge in [-0.2, -0.15) is 5.10 Å². The van der Waals surface area contributed by atoms with Crippen LogP contribution in [-0.4, -0.2) is 49.6 Å². The minimum Gasteiger partial charge on any atom is -0.491 e. The van der Waals surface area contributed by atoms with Crippen molar-refractivity contribution >= 4 is 46.0 Å².